The smallest absolute Gasteiger partial charge is 0.253 e. The van der Waals surface area contributed by atoms with Crippen LogP contribution in [-0.4, -0.2) is 37.1 Å². The lowest BCUT2D eigenvalue weighted by molar-refractivity contribution is -0.130. The van der Waals surface area contributed by atoms with Crippen molar-refractivity contribution in [1.82, 2.24) is 19.8 Å². The molecule has 0 bridgehead atoms. The van der Waals surface area contributed by atoms with Crippen molar-refractivity contribution >= 4 is 23.4 Å². The molecule has 1 aliphatic heterocycles. The molecule has 0 saturated heterocycles. The van der Waals surface area contributed by atoms with Crippen molar-refractivity contribution in [3.05, 3.63) is 77.9 Å². The van der Waals surface area contributed by atoms with Gasteiger partial charge in [-0.15, -0.1) is 10.2 Å². The van der Waals surface area contributed by atoms with E-state index in [1.165, 1.54) is 17.3 Å². The number of thioether (sulfide) groups is 1. The summed E-state index contributed by atoms with van der Waals surface area (Å²) in [6.07, 6.45) is 3.84. The van der Waals surface area contributed by atoms with Gasteiger partial charge in [0.1, 0.15) is 11.8 Å². The molecule has 1 amide bonds. The SMILES string of the molecule is Cc1ccc(C2=NN(C(=O)CSc3nnc(-c4ccco4)n3CC(C)C)C(c3ccco3)C2)cc1. The topological polar surface area (TPSA) is 89.7 Å². The summed E-state index contributed by atoms with van der Waals surface area (Å²) >= 11 is 1.36. The van der Waals surface area contributed by atoms with Crippen LogP contribution in [0, 0.1) is 12.8 Å². The number of aromatic nitrogens is 3. The van der Waals surface area contributed by atoms with Crippen LogP contribution in [0.15, 0.2) is 80.1 Å². The lowest BCUT2D eigenvalue weighted by atomic mass is 10.0. The Morgan fingerprint density at radius 1 is 1.09 bits per heavy atom. The molecular formula is C26H27N5O3S. The number of rotatable bonds is 8. The van der Waals surface area contributed by atoms with Gasteiger partial charge in [0.25, 0.3) is 5.91 Å². The normalized spacial score (nSPS) is 15.7. The van der Waals surface area contributed by atoms with E-state index < -0.39 is 0 Å². The summed E-state index contributed by atoms with van der Waals surface area (Å²) in [5.74, 6) is 2.47. The van der Waals surface area contributed by atoms with E-state index in [1.807, 2.05) is 47.9 Å². The van der Waals surface area contributed by atoms with Crippen LogP contribution in [0.2, 0.25) is 0 Å². The molecule has 180 valence electrons. The molecule has 4 heterocycles. The Bertz CT molecular complexity index is 1310. The van der Waals surface area contributed by atoms with Gasteiger partial charge in [-0.3, -0.25) is 9.36 Å². The number of carbonyl (C=O) groups excluding carboxylic acids is 1. The Morgan fingerprint density at radius 2 is 1.86 bits per heavy atom. The molecular weight excluding hydrogens is 462 g/mol. The highest BCUT2D eigenvalue weighted by molar-refractivity contribution is 7.99. The quantitative estimate of drug-likeness (QED) is 0.301. The van der Waals surface area contributed by atoms with E-state index in [1.54, 1.807) is 17.5 Å². The molecule has 0 N–H and O–H groups in total. The summed E-state index contributed by atoms with van der Waals surface area (Å²) in [7, 11) is 0. The van der Waals surface area contributed by atoms with Gasteiger partial charge >= 0.3 is 0 Å². The molecule has 1 unspecified atom stereocenters. The van der Waals surface area contributed by atoms with Crippen molar-refractivity contribution in [1.29, 1.82) is 0 Å². The van der Waals surface area contributed by atoms with Crippen molar-refractivity contribution in [2.24, 2.45) is 11.0 Å². The molecule has 1 aromatic carbocycles. The van der Waals surface area contributed by atoms with E-state index in [-0.39, 0.29) is 17.7 Å². The third-order valence-electron chi connectivity index (χ3n) is 5.75. The van der Waals surface area contributed by atoms with Crippen molar-refractivity contribution in [2.75, 3.05) is 5.75 Å². The molecule has 0 radical (unpaired) electrons. The Hall–Kier alpha value is -3.59. The second-order valence-electron chi connectivity index (χ2n) is 8.96. The highest BCUT2D eigenvalue weighted by Crippen LogP contribution is 2.34. The Morgan fingerprint density at radius 3 is 2.54 bits per heavy atom. The lowest BCUT2D eigenvalue weighted by Gasteiger charge is -2.19. The zero-order valence-electron chi connectivity index (χ0n) is 19.9. The minimum Gasteiger partial charge on any atom is -0.467 e. The zero-order valence-corrected chi connectivity index (χ0v) is 20.7. The monoisotopic (exact) mass is 489 g/mol. The molecule has 5 rings (SSSR count). The summed E-state index contributed by atoms with van der Waals surface area (Å²) in [6, 6.07) is 15.3. The fourth-order valence-corrected chi connectivity index (χ4v) is 4.87. The maximum absolute atomic E-state index is 13.4. The molecule has 1 atom stereocenters. The number of hydrogen-bond acceptors (Lipinski definition) is 7. The number of carbonyl (C=O) groups is 1. The van der Waals surface area contributed by atoms with E-state index in [0.717, 1.165) is 17.0 Å². The van der Waals surface area contributed by atoms with Crippen LogP contribution in [0.5, 0.6) is 0 Å². The Labute approximate surface area is 208 Å². The number of aryl methyl sites for hydroxylation is 1. The molecule has 8 nitrogen and oxygen atoms in total. The predicted molar refractivity (Wildman–Crippen MR) is 134 cm³/mol. The molecule has 0 aliphatic carbocycles. The lowest BCUT2D eigenvalue weighted by Crippen LogP contribution is -2.28. The molecule has 0 saturated carbocycles. The Kier molecular flexibility index (Phi) is 6.59. The van der Waals surface area contributed by atoms with Gasteiger partial charge in [0.2, 0.25) is 0 Å². The standard InChI is InChI=1S/C26H27N5O3S/c1-17(2)15-30-25(23-7-5-13-34-23)27-28-26(30)35-16-24(32)31-21(22-6-4-12-33-22)14-20(29-31)19-10-8-18(3)9-11-19/h4-13,17,21H,14-16H2,1-3H3. The largest absolute Gasteiger partial charge is 0.467 e. The predicted octanol–water partition coefficient (Wildman–Crippen LogP) is 5.57. The van der Waals surface area contributed by atoms with Gasteiger partial charge in [-0.25, -0.2) is 5.01 Å². The third kappa shape index (κ3) is 4.95. The molecule has 3 aromatic heterocycles. The summed E-state index contributed by atoms with van der Waals surface area (Å²) < 4.78 is 13.2. The van der Waals surface area contributed by atoms with Crippen LogP contribution in [0.1, 0.15) is 43.2 Å². The van der Waals surface area contributed by atoms with E-state index in [4.69, 9.17) is 13.9 Å². The van der Waals surface area contributed by atoms with Crippen molar-refractivity contribution < 1.29 is 13.6 Å². The molecule has 1 aliphatic rings. The highest BCUT2D eigenvalue weighted by atomic mass is 32.2. The summed E-state index contributed by atoms with van der Waals surface area (Å²) in [5.41, 5.74) is 3.06. The number of benzene rings is 1. The third-order valence-corrected chi connectivity index (χ3v) is 6.70. The minimum atomic E-state index is -0.276. The number of furan rings is 2. The summed E-state index contributed by atoms with van der Waals surface area (Å²) in [6.45, 7) is 7.03. The first-order valence-corrected chi connectivity index (χ1v) is 12.6. The van der Waals surface area contributed by atoms with E-state index >= 15 is 0 Å². The van der Waals surface area contributed by atoms with Gasteiger partial charge < -0.3 is 8.83 Å². The molecule has 35 heavy (non-hydrogen) atoms. The van der Waals surface area contributed by atoms with E-state index in [2.05, 4.69) is 36.2 Å². The van der Waals surface area contributed by atoms with E-state index in [9.17, 15) is 4.79 Å². The van der Waals surface area contributed by atoms with Gasteiger partial charge in [-0.05, 0) is 42.7 Å². The first-order chi connectivity index (χ1) is 17.0. The fourth-order valence-electron chi connectivity index (χ4n) is 4.07. The first kappa shape index (κ1) is 23.2. The average Bonchev–Trinajstić information content (AvgIpc) is 3.64. The van der Waals surface area contributed by atoms with Crippen molar-refractivity contribution in [3.63, 3.8) is 0 Å². The summed E-state index contributed by atoms with van der Waals surface area (Å²) in [5, 5.41) is 15.6. The molecule has 4 aromatic rings. The van der Waals surface area contributed by atoms with Crippen molar-refractivity contribution in [2.45, 2.75) is 44.9 Å². The number of nitrogens with zero attached hydrogens (tertiary/aromatic N) is 5. The Balaban J connectivity index is 1.37. The number of hydrogen-bond donors (Lipinski definition) is 0. The second-order valence-corrected chi connectivity index (χ2v) is 9.91. The highest BCUT2D eigenvalue weighted by Gasteiger charge is 2.35. The number of hydrazone groups is 1. The maximum Gasteiger partial charge on any atom is 0.253 e. The van der Waals surface area contributed by atoms with Gasteiger partial charge in [-0.2, -0.15) is 5.10 Å². The molecule has 0 spiro atoms. The second kappa shape index (κ2) is 9.95. The van der Waals surface area contributed by atoms with E-state index in [0.29, 0.717) is 35.6 Å². The number of amides is 1. The maximum atomic E-state index is 13.4. The minimum absolute atomic E-state index is 0.114. The fraction of sp³-hybridized carbons (Fsp3) is 0.308. The van der Waals surface area contributed by atoms with Crippen LogP contribution in [0.3, 0.4) is 0 Å². The van der Waals surface area contributed by atoms with Gasteiger partial charge in [0.05, 0.1) is 24.0 Å². The van der Waals surface area contributed by atoms with Gasteiger partial charge in [-0.1, -0.05) is 55.4 Å². The molecule has 0 fully saturated rings. The zero-order chi connectivity index (χ0) is 24.4. The van der Waals surface area contributed by atoms with Crippen LogP contribution >= 0.6 is 11.8 Å². The van der Waals surface area contributed by atoms with Gasteiger partial charge in [0, 0.05) is 13.0 Å². The van der Waals surface area contributed by atoms with Crippen LogP contribution < -0.4 is 0 Å². The summed E-state index contributed by atoms with van der Waals surface area (Å²) in [4.78, 5) is 13.4. The average molecular weight is 490 g/mol. The van der Waals surface area contributed by atoms with Crippen LogP contribution in [0.4, 0.5) is 0 Å². The molecule has 9 heteroatoms. The van der Waals surface area contributed by atoms with Crippen LogP contribution in [-0.2, 0) is 11.3 Å². The first-order valence-electron chi connectivity index (χ1n) is 11.6. The van der Waals surface area contributed by atoms with Crippen LogP contribution in [0.25, 0.3) is 11.6 Å². The van der Waals surface area contributed by atoms with Crippen molar-refractivity contribution in [3.8, 4) is 11.6 Å². The van der Waals surface area contributed by atoms with Gasteiger partial charge in [0.15, 0.2) is 16.7 Å².